The lowest BCUT2D eigenvalue weighted by atomic mass is 10.2. The highest BCUT2D eigenvalue weighted by Crippen LogP contribution is 2.27. The minimum atomic E-state index is -1.27. The zero-order valence-corrected chi connectivity index (χ0v) is 10.5. The first-order valence-corrected chi connectivity index (χ1v) is 5.88. The smallest absolute Gasteiger partial charge is 0.340 e. The van der Waals surface area contributed by atoms with Gasteiger partial charge in [0, 0.05) is 12.6 Å². The van der Waals surface area contributed by atoms with Crippen molar-refractivity contribution in [2.24, 2.45) is 0 Å². The molecule has 0 spiro atoms. The molecule has 1 aromatic heterocycles. The Bertz CT molecular complexity index is 609. The van der Waals surface area contributed by atoms with Gasteiger partial charge >= 0.3 is 11.7 Å². The summed E-state index contributed by atoms with van der Waals surface area (Å²) in [5.74, 6) is -1.27. The Labute approximate surface area is 111 Å². The highest BCUT2D eigenvalue weighted by Gasteiger charge is 2.35. The fourth-order valence-electron chi connectivity index (χ4n) is 1.90. The summed E-state index contributed by atoms with van der Waals surface area (Å²) in [6.07, 6.45) is -1.41. The zero-order chi connectivity index (χ0) is 14.2. The van der Waals surface area contributed by atoms with Crippen LogP contribution in [0.4, 0.5) is 0 Å². The van der Waals surface area contributed by atoms with E-state index < -0.39 is 30.1 Å². The van der Waals surface area contributed by atoms with Gasteiger partial charge in [-0.2, -0.15) is 0 Å². The van der Waals surface area contributed by atoms with E-state index in [4.69, 9.17) is 27.2 Å². The molecule has 1 fully saturated rings. The molecule has 19 heavy (non-hydrogen) atoms. The van der Waals surface area contributed by atoms with E-state index in [1.54, 1.807) is 0 Å². The zero-order valence-electron chi connectivity index (χ0n) is 9.65. The average Bonchev–Trinajstić information content (AvgIpc) is 2.69. The maximum absolute atomic E-state index is 11.7. The second kappa shape index (κ2) is 5.21. The molecule has 2 rings (SSSR count). The van der Waals surface area contributed by atoms with E-state index in [2.05, 4.69) is 4.98 Å². The van der Waals surface area contributed by atoms with Crippen LogP contribution in [0, 0.1) is 4.64 Å². The van der Waals surface area contributed by atoms with Crippen LogP contribution in [-0.4, -0.2) is 49.7 Å². The minimum absolute atomic E-state index is 0.0782. The van der Waals surface area contributed by atoms with E-state index in [9.17, 15) is 14.7 Å². The third-order valence-corrected chi connectivity index (χ3v) is 3.21. The number of aliphatic hydroxyl groups is 2. The second-order valence-corrected chi connectivity index (χ2v) is 4.54. The molecule has 0 aromatic carbocycles. The van der Waals surface area contributed by atoms with Gasteiger partial charge in [-0.15, -0.1) is 0 Å². The van der Waals surface area contributed by atoms with Gasteiger partial charge in [-0.3, -0.25) is 9.55 Å². The van der Waals surface area contributed by atoms with Crippen molar-refractivity contribution in [2.75, 3.05) is 6.61 Å². The summed E-state index contributed by atoms with van der Waals surface area (Å²) in [6, 6.07) is 0. The number of rotatable bonds is 3. The Kier molecular flexibility index (Phi) is 3.80. The fraction of sp³-hybridized carbons (Fsp3) is 0.500. The van der Waals surface area contributed by atoms with Crippen LogP contribution in [0.25, 0.3) is 0 Å². The Morgan fingerprint density at radius 1 is 1.63 bits per heavy atom. The lowest BCUT2D eigenvalue weighted by Gasteiger charge is -2.14. The summed E-state index contributed by atoms with van der Waals surface area (Å²) in [4.78, 5) is 24.9. The van der Waals surface area contributed by atoms with Crippen molar-refractivity contribution >= 4 is 18.2 Å². The number of carbonyl (C=O) groups is 1. The molecule has 0 radical (unpaired) electrons. The van der Waals surface area contributed by atoms with E-state index in [0.717, 1.165) is 10.8 Å². The van der Waals surface area contributed by atoms with E-state index in [0.29, 0.717) is 0 Å². The number of carboxylic acid groups (broad SMARTS) is 1. The third-order valence-electron chi connectivity index (χ3n) is 2.89. The average molecular weight is 288 g/mol. The van der Waals surface area contributed by atoms with Gasteiger partial charge in [0.2, 0.25) is 0 Å². The highest BCUT2D eigenvalue weighted by atomic mass is 32.1. The summed E-state index contributed by atoms with van der Waals surface area (Å²) in [5, 5.41) is 27.5. The summed E-state index contributed by atoms with van der Waals surface area (Å²) >= 11 is 4.74. The molecule has 1 aromatic rings. The van der Waals surface area contributed by atoms with E-state index in [1.165, 1.54) is 0 Å². The number of carboxylic acids is 1. The van der Waals surface area contributed by atoms with Gasteiger partial charge in [0.15, 0.2) is 0 Å². The molecule has 1 saturated heterocycles. The molecule has 3 atom stereocenters. The second-order valence-electron chi connectivity index (χ2n) is 4.13. The molecule has 1 aliphatic heterocycles. The molecule has 2 heterocycles. The number of nitrogens with one attached hydrogen (secondary N) is 1. The molecule has 4 N–H and O–H groups in total. The number of nitrogens with zero attached hydrogens (tertiary/aromatic N) is 1. The summed E-state index contributed by atoms with van der Waals surface area (Å²) in [7, 11) is 0. The van der Waals surface area contributed by atoms with Crippen LogP contribution in [0.1, 0.15) is 23.0 Å². The summed E-state index contributed by atoms with van der Waals surface area (Å²) in [6.45, 7) is -0.388. The first kappa shape index (κ1) is 13.9. The molecule has 1 aliphatic rings. The SMILES string of the molecule is O=C(O)c1cn([C@H]2C[C@@H](O)[C@H](CO)O2)c(=O)[nH]c1=S. The maximum Gasteiger partial charge on any atom is 0.340 e. The van der Waals surface area contributed by atoms with Crippen molar-refractivity contribution in [1.29, 1.82) is 0 Å². The van der Waals surface area contributed by atoms with Crippen molar-refractivity contribution in [3.8, 4) is 0 Å². The number of aromatic nitrogens is 2. The van der Waals surface area contributed by atoms with Crippen LogP contribution in [-0.2, 0) is 4.74 Å². The van der Waals surface area contributed by atoms with Crippen molar-refractivity contribution in [3.05, 3.63) is 26.9 Å². The normalized spacial score (nSPS) is 26.5. The van der Waals surface area contributed by atoms with Crippen molar-refractivity contribution in [3.63, 3.8) is 0 Å². The van der Waals surface area contributed by atoms with E-state index in [-0.39, 0.29) is 23.2 Å². The molecule has 8 nitrogen and oxygen atoms in total. The number of aliphatic hydroxyl groups excluding tert-OH is 2. The summed E-state index contributed by atoms with van der Waals surface area (Å²) in [5.41, 5.74) is -0.870. The van der Waals surface area contributed by atoms with Crippen LogP contribution >= 0.6 is 12.2 Å². The topological polar surface area (TPSA) is 125 Å². The highest BCUT2D eigenvalue weighted by molar-refractivity contribution is 7.71. The van der Waals surface area contributed by atoms with Crippen LogP contribution in [0.5, 0.6) is 0 Å². The molecule has 0 amide bonds. The molecule has 0 saturated carbocycles. The minimum Gasteiger partial charge on any atom is -0.478 e. The number of H-pyrrole nitrogens is 1. The first-order chi connectivity index (χ1) is 8.93. The largest absolute Gasteiger partial charge is 0.478 e. The fourth-order valence-corrected chi connectivity index (χ4v) is 2.13. The number of ether oxygens (including phenoxy) is 1. The Balaban J connectivity index is 2.41. The molecule has 0 aliphatic carbocycles. The molecule has 0 unspecified atom stereocenters. The van der Waals surface area contributed by atoms with Crippen molar-refractivity contribution in [2.45, 2.75) is 24.9 Å². The van der Waals surface area contributed by atoms with Gasteiger partial charge in [-0.25, -0.2) is 9.59 Å². The molecule has 9 heteroatoms. The first-order valence-electron chi connectivity index (χ1n) is 5.47. The Morgan fingerprint density at radius 3 is 2.84 bits per heavy atom. The van der Waals surface area contributed by atoms with Gasteiger partial charge < -0.3 is 20.1 Å². The molecule has 104 valence electrons. The van der Waals surface area contributed by atoms with Crippen molar-refractivity contribution < 1.29 is 24.9 Å². The van der Waals surface area contributed by atoms with Gasteiger partial charge in [0.25, 0.3) is 0 Å². The monoisotopic (exact) mass is 288 g/mol. The van der Waals surface area contributed by atoms with Crippen LogP contribution < -0.4 is 5.69 Å². The third kappa shape index (κ3) is 2.59. The maximum atomic E-state index is 11.7. The number of hydrogen-bond donors (Lipinski definition) is 4. The Hall–Kier alpha value is -1.55. The number of hydrogen-bond acceptors (Lipinski definition) is 6. The van der Waals surface area contributed by atoms with E-state index >= 15 is 0 Å². The molecule has 0 bridgehead atoms. The molecular formula is C10H12N2O6S. The van der Waals surface area contributed by atoms with Crippen LogP contribution in [0.2, 0.25) is 0 Å². The van der Waals surface area contributed by atoms with Gasteiger partial charge in [0.1, 0.15) is 22.5 Å². The standard InChI is InChI=1S/C10H12N2O6S/c13-3-6-5(14)1-7(18-6)12-2-4(9(15)16)8(19)11-10(12)17/h2,5-7,13-14H,1,3H2,(H,15,16)(H,11,17,19)/t5-,6+,7-/m1/s1. The van der Waals surface area contributed by atoms with Crippen LogP contribution in [0.15, 0.2) is 11.0 Å². The predicted molar refractivity (Wildman–Crippen MR) is 64.5 cm³/mol. The number of aromatic amines is 1. The van der Waals surface area contributed by atoms with Gasteiger partial charge in [-0.05, 0) is 0 Å². The van der Waals surface area contributed by atoms with Gasteiger partial charge in [0.05, 0.1) is 12.7 Å². The molecular weight excluding hydrogens is 276 g/mol. The lowest BCUT2D eigenvalue weighted by molar-refractivity contribution is -0.0459. The summed E-state index contributed by atoms with van der Waals surface area (Å²) < 4.78 is 6.12. The predicted octanol–water partition coefficient (Wildman–Crippen LogP) is -0.755. The van der Waals surface area contributed by atoms with Crippen LogP contribution in [0.3, 0.4) is 0 Å². The van der Waals surface area contributed by atoms with Gasteiger partial charge in [-0.1, -0.05) is 12.2 Å². The number of aromatic carboxylic acids is 1. The lowest BCUT2D eigenvalue weighted by Crippen LogP contribution is -2.29. The quantitative estimate of drug-likeness (QED) is 0.539. The Morgan fingerprint density at radius 2 is 2.32 bits per heavy atom. The van der Waals surface area contributed by atoms with Crippen molar-refractivity contribution in [1.82, 2.24) is 9.55 Å². The van der Waals surface area contributed by atoms with E-state index in [1.807, 2.05) is 0 Å².